The van der Waals surface area contributed by atoms with Crippen LogP contribution >= 0.6 is 23.4 Å². The van der Waals surface area contributed by atoms with Crippen LogP contribution < -0.4 is 0 Å². The molecular formula is C10H11ClO4S. The number of hydrogen-bond donors (Lipinski definition) is 3. The molecule has 3 N–H and O–H groups in total. The maximum atomic E-state index is 10.9. The second-order valence-electron chi connectivity index (χ2n) is 3.09. The van der Waals surface area contributed by atoms with E-state index in [0.717, 1.165) is 11.8 Å². The van der Waals surface area contributed by atoms with E-state index in [1.165, 1.54) is 18.2 Å². The van der Waals surface area contributed by atoms with Crippen molar-refractivity contribution in [3.63, 3.8) is 0 Å². The normalized spacial score (nSPS) is 12.4. The molecular weight excluding hydrogens is 252 g/mol. The zero-order valence-corrected chi connectivity index (χ0v) is 9.83. The fourth-order valence-electron chi connectivity index (χ4n) is 1.03. The van der Waals surface area contributed by atoms with Gasteiger partial charge in [0, 0.05) is 15.7 Å². The quantitative estimate of drug-likeness (QED) is 0.701. The van der Waals surface area contributed by atoms with Crippen molar-refractivity contribution >= 4 is 29.3 Å². The van der Waals surface area contributed by atoms with Crippen LogP contribution in [0.4, 0.5) is 0 Å². The van der Waals surface area contributed by atoms with Gasteiger partial charge in [-0.15, -0.1) is 11.8 Å². The summed E-state index contributed by atoms with van der Waals surface area (Å²) in [4.78, 5) is 11.4. The minimum absolute atomic E-state index is 0.138. The predicted molar refractivity (Wildman–Crippen MR) is 62.2 cm³/mol. The van der Waals surface area contributed by atoms with Gasteiger partial charge >= 0.3 is 5.97 Å². The van der Waals surface area contributed by atoms with E-state index in [-0.39, 0.29) is 17.9 Å². The maximum Gasteiger partial charge on any atom is 0.336 e. The third kappa shape index (κ3) is 3.68. The number of carbonyl (C=O) groups is 1. The van der Waals surface area contributed by atoms with E-state index in [9.17, 15) is 4.79 Å². The Morgan fingerprint density at radius 1 is 1.50 bits per heavy atom. The number of aliphatic hydroxyl groups is 2. The van der Waals surface area contributed by atoms with E-state index in [1.54, 1.807) is 0 Å². The summed E-state index contributed by atoms with van der Waals surface area (Å²) in [5.41, 5.74) is 0.138. The average molecular weight is 263 g/mol. The summed E-state index contributed by atoms with van der Waals surface area (Å²) in [6.45, 7) is -0.351. The number of benzene rings is 1. The third-order valence-corrected chi connectivity index (χ3v) is 3.25. The fraction of sp³-hybridized carbons (Fsp3) is 0.300. The summed E-state index contributed by atoms with van der Waals surface area (Å²) < 4.78 is 0. The van der Waals surface area contributed by atoms with Crippen LogP contribution in [-0.4, -0.2) is 39.8 Å². The molecule has 0 saturated carbocycles. The lowest BCUT2D eigenvalue weighted by atomic mass is 10.2. The Balaban J connectivity index is 2.84. The number of aliphatic hydroxyl groups excluding tert-OH is 2. The summed E-state index contributed by atoms with van der Waals surface area (Å²) in [5.74, 6) is -0.824. The van der Waals surface area contributed by atoms with Gasteiger partial charge in [-0.1, -0.05) is 11.6 Å². The number of rotatable bonds is 5. The van der Waals surface area contributed by atoms with Gasteiger partial charge in [-0.05, 0) is 18.2 Å². The summed E-state index contributed by atoms with van der Waals surface area (Å²) in [6.07, 6.45) is -0.870. The minimum atomic E-state index is -1.04. The first-order valence-corrected chi connectivity index (χ1v) is 5.85. The van der Waals surface area contributed by atoms with Gasteiger partial charge in [-0.3, -0.25) is 0 Å². The van der Waals surface area contributed by atoms with Crippen LogP contribution in [0.5, 0.6) is 0 Å². The van der Waals surface area contributed by atoms with E-state index < -0.39 is 12.1 Å². The minimum Gasteiger partial charge on any atom is -0.478 e. The lowest BCUT2D eigenvalue weighted by Gasteiger charge is -2.09. The molecule has 0 heterocycles. The van der Waals surface area contributed by atoms with Gasteiger partial charge in [0.1, 0.15) is 0 Å². The van der Waals surface area contributed by atoms with Crippen molar-refractivity contribution < 1.29 is 20.1 Å². The largest absolute Gasteiger partial charge is 0.478 e. The van der Waals surface area contributed by atoms with Gasteiger partial charge in [0.2, 0.25) is 0 Å². The molecule has 88 valence electrons. The highest BCUT2D eigenvalue weighted by Gasteiger charge is 2.12. The van der Waals surface area contributed by atoms with Gasteiger partial charge in [0.15, 0.2) is 0 Å². The smallest absolute Gasteiger partial charge is 0.336 e. The lowest BCUT2D eigenvalue weighted by molar-refractivity contribution is 0.0693. The Morgan fingerprint density at radius 3 is 2.75 bits per heavy atom. The van der Waals surface area contributed by atoms with Crippen LogP contribution in [0.15, 0.2) is 23.1 Å². The zero-order valence-electron chi connectivity index (χ0n) is 8.26. The van der Waals surface area contributed by atoms with Crippen LogP contribution in [0.1, 0.15) is 10.4 Å². The number of aromatic carboxylic acids is 1. The van der Waals surface area contributed by atoms with Crippen molar-refractivity contribution in [1.82, 2.24) is 0 Å². The Bertz CT molecular complexity index is 383. The first-order valence-electron chi connectivity index (χ1n) is 4.49. The highest BCUT2D eigenvalue weighted by atomic mass is 35.5. The van der Waals surface area contributed by atoms with E-state index >= 15 is 0 Å². The molecule has 16 heavy (non-hydrogen) atoms. The molecule has 6 heteroatoms. The third-order valence-electron chi connectivity index (χ3n) is 1.82. The molecule has 0 saturated heterocycles. The molecule has 4 nitrogen and oxygen atoms in total. The molecule has 0 aromatic heterocycles. The van der Waals surface area contributed by atoms with Gasteiger partial charge in [0.05, 0.1) is 18.3 Å². The van der Waals surface area contributed by atoms with Crippen molar-refractivity contribution in [3.8, 4) is 0 Å². The maximum absolute atomic E-state index is 10.9. The van der Waals surface area contributed by atoms with Crippen molar-refractivity contribution in [2.24, 2.45) is 0 Å². The van der Waals surface area contributed by atoms with E-state index in [1.807, 2.05) is 0 Å². The summed E-state index contributed by atoms with van der Waals surface area (Å²) in [7, 11) is 0. The Labute approximate surface area is 102 Å². The van der Waals surface area contributed by atoms with Crippen LogP contribution in [0.25, 0.3) is 0 Å². The van der Waals surface area contributed by atoms with Crippen LogP contribution in [0.2, 0.25) is 5.02 Å². The standard InChI is InChI=1S/C10H11ClO4S/c11-6-1-2-8(10(14)15)9(3-6)16-5-7(13)4-12/h1-3,7,12-13H,4-5H2,(H,14,15). The van der Waals surface area contributed by atoms with E-state index in [4.69, 9.17) is 26.9 Å². The van der Waals surface area contributed by atoms with Crippen molar-refractivity contribution in [2.75, 3.05) is 12.4 Å². The molecule has 1 aromatic rings. The molecule has 0 amide bonds. The van der Waals surface area contributed by atoms with Crippen LogP contribution in [-0.2, 0) is 0 Å². The summed E-state index contributed by atoms with van der Waals surface area (Å²) in [6, 6.07) is 4.44. The number of hydrogen-bond acceptors (Lipinski definition) is 4. The topological polar surface area (TPSA) is 77.8 Å². The fourth-order valence-corrected chi connectivity index (χ4v) is 2.27. The first-order chi connectivity index (χ1) is 7.54. The highest BCUT2D eigenvalue weighted by molar-refractivity contribution is 7.99. The summed E-state index contributed by atoms with van der Waals surface area (Å²) in [5, 5.41) is 27.2. The molecule has 0 aliphatic rings. The first kappa shape index (κ1) is 13.3. The van der Waals surface area contributed by atoms with Gasteiger partial charge in [-0.2, -0.15) is 0 Å². The lowest BCUT2D eigenvalue weighted by Crippen LogP contribution is -2.14. The predicted octanol–water partition coefficient (Wildman–Crippen LogP) is 1.48. The number of halogens is 1. The Kier molecular flexibility index (Phi) is 5.08. The van der Waals surface area contributed by atoms with Gasteiger partial charge in [-0.25, -0.2) is 4.79 Å². The van der Waals surface area contributed by atoms with Gasteiger partial charge in [0.25, 0.3) is 0 Å². The van der Waals surface area contributed by atoms with Gasteiger partial charge < -0.3 is 15.3 Å². The Hall–Kier alpha value is -0.750. The monoisotopic (exact) mass is 262 g/mol. The molecule has 1 rings (SSSR count). The van der Waals surface area contributed by atoms with Crippen molar-refractivity contribution in [3.05, 3.63) is 28.8 Å². The highest BCUT2D eigenvalue weighted by Crippen LogP contribution is 2.26. The second kappa shape index (κ2) is 6.10. The molecule has 0 fully saturated rings. The van der Waals surface area contributed by atoms with E-state index in [2.05, 4.69) is 0 Å². The number of thioether (sulfide) groups is 1. The molecule has 0 aliphatic carbocycles. The van der Waals surface area contributed by atoms with E-state index in [0.29, 0.717) is 9.92 Å². The SMILES string of the molecule is O=C(O)c1ccc(Cl)cc1SCC(O)CO. The molecule has 0 bridgehead atoms. The zero-order chi connectivity index (χ0) is 12.1. The molecule has 1 aromatic carbocycles. The molecule has 0 radical (unpaired) electrons. The van der Waals surface area contributed by atoms with Crippen LogP contribution in [0, 0.1) is 0 Å². The van der Waals surface area contributed by atoms with Crippen molar-refractivity contribution in [2.45, 2.75) is 11.0 Å². The average Bonchev–Trinajstić information content (AvgIpc) is 2.25. The van der Waals surface area contributed by atoms with Crippen molar-refractivity contribution in [1.29, 1.82) is 0 Å². The van der Waals surface area contributed by atoms with Crippen LogP contribution in [0.3, 0.4) is 0 Å². The molecule has 1 unspecified atom stereocenters. The second-order valence-corrected chi connectivity index (χ2v) is 4.59. The molecule has 0 aliphatic heterocycles. The Morgan fingerprint density at radius 2 is 2.19 bits per heavy atom. The number of carboxylic acid groups (broad SMARTS) is 1. The summed E-state index contributed by atoms with van der Waals surface area (Å²) >= 11 is 6.90. The number of carboxylic acids is 1. The molecule has 0 spiro atoms. The molecule has 1 atom stereocenters.